The van der Waals surface area contributed by atoms with Gasteiger partial charge in [-0.2, -0.15) is 0 Å². The molecule has 32 valence electrons. The van der Waals surface area contributed by atoms with E-state index in [4.69, 9.17) is 11.5 Å². The summed E-state index contributed by atoms with van der Waals surface area (Å²) in [5.74, 6) is 0. The molecule has 2 nitrogen and oxygen atoms in total. The number of halogens is 1. The second-order valence-corrected chi connectivity index (χ2v) is 1.93. The van der Waals surface area contributed by atoms with Gasteiger partial charge in [0.25, 0.3) is 0 Å². The Hall–Kier alpha value is 0.400. The van der Waals surface area contributed by atoms with Crippen molar-refractivity contribution in [3.05, 3.63) is 0 Å². The van der Waals surface area contributed by atoms with Crippen LogP contribution >= 0.6 is 15.9 Å². The van der Waals surface area contributed by atoms with Crippen LogP contribution in [0.2, 0.25) is 0 Å². The number of nitrogens with two attached hydrogens (primary N) is 2. The van der Waals surface area contributed by atoms with Gasteiger partial charge in [0.1, 0.15) is 0 Å². The van der Waals surface area contributed by atoms with Gasteiger partial charge >= 0.3 is 0 Å². The molecule has 5 heavy (non-hydrogen) atoms. The van der Waals surface area contributed by atoms with Gasteiger partial charge in [0.05, 0.1) is 4.95 Å². The van der Waals surface area contributed by atoms with Gasteiger partial charge < -0.3 is 11.5 Å². The fourth-order valence-corrected chi connectivity index (χ4v) is 0. The van der Waals surface area contributed by atoms with Crippen molar-refractivity contribution in [2.75, 3.05) is 6.54 Å². The standard InChI is InChI=1S/C2H7BrN2/c3-2(5)1-4/h2H,1,4-5H2. The average Bonchev–Trinajstić information content (AvgIpc) is 1.38. The van der Waals surface area contributed by atoms with Crippen LogP contribution in [-0.4, -0.2) is 11.5 Å². The van der Waals surface area contributed by atoms with Crippen molar-refractivity contribution in [2.24, 2.45) is 11.5 Å². The number of hydrogen-bond acceptors (Lipinski definition) is 2. The monoisotopic (exact) mass is 138 g/mol. The van der Waals surface area contributed by atoms with E-state index in [1.807, 2.05) is 0 Å². The molecule has 0 aliphatic rings. The molecule has 0 saturated carbocycles. The first-order valence-electron chi connectivity index (χ1n) is 1.37. The van der Waals surface area contributed by atoms with E-state index in [9.17, 15) is 0 Å². The Morgan fingerprint density at radius 1 is 1.80 bits per heavy atom. The zero-order valence-corrected chi connectivity index (χ0v) is 4.40. The van der Waals surface area contributed by atoms with Crippen molar-refractivity contribution in [1.29, 1.82) is 0 Å². The van der Waals surface area contributed by atoms with Crippen molar-refractivity contribution in [3.8, 4) is 0 Å². The SMILES string of the molecule is NCC(N)Br. The van der Waals surface area contributed by atoms with Crippen LogP contribution in [0.3, 0.4) is 0 Å². The van der Waals surface area contributed by atoms with E-state index in [0.29, 0.717) is 6.54 Å². The molecule has 0 fully saturated rings. The van der Waals surface area contributed by atoms with Gasteiger partial charge in [0.2, 0.25) is 0 Å². The summed E-state index contributed by atoms with van der Waals surface area (Å²) < 4.78 is 0. The predicted molar refractivity (Wildman–Crippen MR) is 26.0 cm³/mol. The zero-order valence-electron chi connectivity index (χ0n) is 2.82. The summed E-state index contributed by atoms with van der Waals surface area (Å²) in [7, 11) is 0. The summed E-state index contributed by atoms with van der Waals surface area (Å²) in [6.45, 7) is 0.500. The molecule has 0 radical (unpaired) electrons. The summed E-state index contributed by atoms with van der Waals surface area (Å²) in [6, 6.07) is 0. The Bertz CT molecular complexity index is 21.6. The van der Waals surface area contributed by atoms with Crippen LogP contribution in [0.4, 0.5) is 0 Å². The molecule has 0 saturated heterocycles. The lowest BCUT2D eigenvalue weighted by Crippen LogP contribution is -2.22. The van der Waals surface area contributed by atoms with Gasteiger partial charge in [-0.15, -0.1) is 0 Å². The Morgan fingerprint density at radius 3 is 2.00 bits per heavy atom. The van der Waals surface area contributed by atoms with Crippen LogP contribution in [0.1, 0.15) is 0 Å². The molecular formula is C2H7BrN2. The molecule has 0 bridgehead atoms. The maximum absolute atomic E-state index is 5.08. The largest absolute Gasteiger partial charge is 0.328 e. The van der Waals surface area contributed by atoms with E-state index >= 15 is 0 Å². The van der Waals surface area contributed by atoms with Crippen LogP contribution in [0.5, 0.6) is 0 Å². The average molecular weight is 139 g/mol. The molecule has 0 heterocycles. The fraction of sp³-hybridized carbons (Fsp3) is 1.00. The minimum atomic E-state index is -0.0255. The maximum Gasteiger partial charge on any atom is 0.0729 e. The molecule has 1 unspecified atom stereocenters. The minimum absolute atomic E-state index is 0.0255. The highest BCUT2D eigenvalue weighted by molar-refractivity contribution is 9.09. The van der Waals surface area contributed by atoms with Gasteiger partial charge in [0, 0.05) is 6.54 Å². The first kappa shape index (κ1) is 5.40. The summed E-state index contributed by atoms with van der Waals surface area (Å²) in [6.07, 6.45) is 0. The van der Waals surface area contributed by atoms with E-state index in [-0.39, 0.29) is 4.95 Å². The topological polar surface area (TPSA) is 52.0 Å². The van der Waals surface area contributed by atoms with Crippen LogP contribution in [0, 0.1) is 0 Å². The van der Waals surface area contributed by atoms with Crippen LogP contribution in [0.15, 0.2) is 0 Å². The van der Waals surface area contributed by atoms with Gasteiger partial charge in [-0.25, -0.2) is 0 Å². The van der Waals surface area contributed by atoms with E-state index < -0.39 is 0 Å². The lowest BCUT2D eigenvalue weighted by Gasteiger charge is -1.89. The Morgan fingerprint density at radius 2 is 2.00 bits per heavy atom. The third-order valence-corrected chi connectivity index (χ3v) is 0.599. The molecule has 0 aromatic carbocycles. The van der Waals surface area contributed by atoms with Crippen LogP contribution in [0.25, 0.3) is 0 Å². The molecule has 0 aromatic rings. The smallest absolute Gasteiger partial charge is 0.0729 e. The van der Waals surface area contributed by atoms with Gasteiger partial charge in [-0.1, -0.05) is 15.9 Å². The highest BCUT2D eigenvalue weighted by Crippen LogP contribution is 1.80. The minimum Gasteiger partial charge on any atom is -0.328 e. The zero-order chi connectivity index (χ0) is 4.28. The van der Waals surface area contributed by atoms with E-state index in [1.165, 1.54) is 0 Å². The van der Waals surface area contributed by atoms with Gasteiger partial charge in [0.15, 0.2) is 0 Å². The van der Waals surface area contributed by atoms with Crippen molar-refractivity contribution in [2.45, 2.75) is 4.95 Å². The number of hydrogen-bond donors (Lipinski definition) is 2. The van der Waals surface area contributed by atoms with Crippen molar-refractivity contribution in [3.63, 3.8) is 0 Å². The fourth-order valence-electron chi connectivity index (χ4n) is 0. The lowest BCUT2D eigenvalue weighted by molar-refractivity contribution is 0.928. The highest BCUT2D eigenvalue weighted by Gasteiger charge is 1.82. The third kappa shape index (κ3) is 4.40. The molecular weight excluding hydrogens is 132 g/mol. The van der Waals surface area contributed by atoms with E-state index in [2.05, 4.69) is 15.9 Å². The van der Waals surface area contributed by atoms with Crippen LogP contribution in [-0.2, 0) is 0 Å². The molecule has 0 spiro atoms. The van der Waals surface area contributed by atoms with Crippen LogP contribution < -0.4 is 11.5 Å². The molecule has 0 aromatic heterocycles. The molecule has 0 aliphatic carbocycles. The summed E-state index contributed by atoms with van der Waals surface area (Å²) in [4.78, 5) is -0.0255. The molecule has 3 heteroatoms. The van der Waals surface area contributed by atoms with E-state index in [0.717, 1.165) is 0 Å². The summed E-state index contributed by atoms with van der Waals surface area (Å²) in [5.41, 5.74) is 10.1. The molecule has 0 aliphatic heterocycles. The predicted octanol–water partition coefficient (Wildman–Crippen LogP) is -0.375. The first-order valence-corrected chi connectivity index (χ1v) is 2.28. The normalized spacial score (nSPS) is 15.0. The maximum atomic E-state index is 5.08. The van der Waals surface area contributed by atoms with Crippen molar-refractivity contribution in [1.82, 2.24) is 0 Å². The lowest BCUT2D eigenvalue weighted by atomic mass is 10.7. The quantitative estimate of drug-likeness (QED) is 0.384. The number of alkyl halides is 1. The molecule has 0 amide bonds. The second kappa shape index (κ2) is 2.63. The Balaban J connectivity index is 2.54. The molecule has 0 rings (SSSR count). The first-order chi connectivity index (χ1) is 2.27. The van der Waals surface area contributed by atoms with Crippen molar-refractivity contribution >= 4 is 15.9 Å². The highest BCUT2D eigenvalue weighted by atomic mass is 79.9. The summed E-state index contributed by atoms with van der Waals surface area (Å²) >= 11 is 3.03. The van der Waals surface area contributed by atoms with Gasteiger partial charge in [-0.3, -0.25) is 0 Å². The van der Waals surface area contributed by atoms with E-state index in [1.54, 1.807) is 0 Å². The Labute approximate surface area is 39.7 Å². The van der Waals surface area contributed by atoms with Gasteiger partial charge in [-0.05, 0) is 0 Å². The third-order valence-electron chi connectivity index (χ3n) is 0.225. The second-order valence-electron chi connectivity index (χ2n) is 0.752. The molecule has 4 N–H and O–H groups in total. The number of rotatable bonds is 1. The van der Waals surface area contributed by atoms with Crippen molar-refractivity contribution < 1.29 is 0 Å². The Kier molecular flexibility index (Phi) is 2.84. The summed E-state index contributed by atoms with van der Waals surface area (Å²) in [5, 5.41) is 0. The molecule has 1 atom stereocenters.